The fraction of sp³-hybridized carbons (Fsp3) is 0.100. The second-order valence-electron chi connectivity index (χ2n) is 6.07. The van der Waals surface area contributed by atoms with E-state index in [-0.39, 0.29) is 5.91 Å². The van der Waals surface area contributed by atoms with Gasteiger partial charge >= 0.3 is 0 Å². The summed E-state index contributed by atoms with van der Waals surface area (Å²) in [5.41, 5.74) is 7.35. The van der Waals surface area contributed by atoms with Gasteiger partial charge < -0.3 is 9.73 Å². The Labute approximate surface area is 155 Å². The topological polar surface area (TPSA) is 92.4 Å². The Balaban J connectivity index is 1.65. The van der Waals surface area contributed by atoms with Crippen LogP contribution in [0.5, 0.6) is 0 Å². The van der Waals surface area contributed by atoms with Crippen LogP contribution in [0.3, 0.4) is 0 Å². The number of amides is 1. The molecule has 1 amide bonds. The maximum Gasteiger partial charge on any atom is 0.221 e. The van der Waals surface area contributed by atoms with E-state index < -0.39 is 0 Å². The maximum absolute atomic E-state index is 11.2. The van der Waals surface area contributed by atoms with Crippen molar-refractivity contribution in [1.29, 1.82) is 0 Å². The Morgan fingerprint density at radius 1 is 1.07 bits per heavy atom. The molecule has 0 atom stereocenters. The van der Waals surface area contributed by atoms with Crippen LogP contribution in [0.2, 0.25) is 0 Å². The van der Waals surface area contributed by atoms with Crippen molar-refractivity contribution < 1.29 is 9.21 Å². The molecule has 2 aromatic carbocycles. The monoisotopic (exact) mass is 359 g/mol. The van der Waals surface area contributed by atoms with Gasteiger partial charge in [-0.3, -0.25) is 10.2 Å². The Hall–Kier alpha value is -3.74. The number of carbonyl (C=O) groups is 1. The highest BCUT2D eigenvalue weighted by Gasteiger charge is 2.12. The van der Waals surface area contributed by atoms with Gasteiger partial charge in [-0.05, 0) is 36.8 Å². The third kappa shape index (κ3) is 3.35. The largest absolute Gasteiger partial charge is 0.450 e. The van der Waals surface area contributed by atoms with Crippen LogP contribution in [-0.4, -0.2) is 21.6 Å². The number of hydrazone groups is 1. The summed E-state index contributed by atoms with van der Waals surface area (Å²) in [7, 11) is 0. The van der Waals surface area contributed by atoms with Gasteiger partial charge in [0.1, 0.15) is 17.4 Å². The number of aromatic nitrogens is 2. The number of nitrogens with zero attached hydrogens (tertiary/aromatic N) is 3. The summed E-state index contributed by atoms with van der Waals surface area (Å²) < 4.78 is 5.88. The number of hydrogen-bond acceptors (Lipinski definition) is 6. The van der Waals surface area contributed by atoms with Crippen molar-refractivity contribution in [3.63, 3.8) is 0 Å². The molecule has 7 heteroatoms. The molecule has 0 radical (unpaired) electrons. The van der Waals surface area contributed by atoms with Gasteiger partial charge in [0.05, 0.1) is 5.71 Å². The number of nitrogens with one attached hydrogen (secondary N) is 2. The number of benzene rings is 2. The van der Waals surface area contributed by atoms with Crippen molar-refractivity contribution in [2.24, 2.45) is 5.10 Å². The first kappa shape index (κ1) is 16.7. The van der Waals surface area contributed by atoms with Crippen molar-refractivity contribution in [3.05, 3.63) is 60.4 Å². The van der Waals surface area contributed by atoms with Gasteiger partial charge in [0.25, 0.3) is 0 Å². The number of anilines is 2. The van der Waals surface area contributed by atoms with Gasteiger partial charge in [-0.25, -0.2) is 9.97 Å². The summed E-state index contributed by atoms with van der Waals surface area (Å²) in [6.45, 7) is 3.35. The molecule has 0 fully saturated rings. The first-order valence-corrected chi connectivity index (χ1v) is 8.42. The minimum absolute atomic E-state index is 0.117. The summed E-state index contributed by atoms with van der Waals surface area (Å²) >= 11 is 0. The van der Waals surface area contributed by atoms with Crippen LogP contribution in [0.25, 0.3) is 22.1 Å². The average Bonchev–Trinajstić information content (AvgIpc) is 3.05. The molecule has 2 heterocycles. The molecule has 0 saturated heterocycles. The maximum atomic E-state index is 11.2. The number of rotatable bonds is 4. The molecule has 4 rings (SSSR count). The van der Waals surface area contributed by atoms with E-state index in [1.54, 1.807) is 0 Å². The zero-order chi connectivity index (χ0) is 18.8. The number of fused-ring (bicyclic) bond motifs is 3. The third-order valence-corrected chi connectivity index (χ3v) is 4.09. The van der Waals surface area contributed by atoms with Crippen molar-refractivity contribution in [2.75, 3.05) is 10.7 Å². The molecular formula is C20H17N5O2. The van der Waals surface area contributed by atoms with E-state index in [2.05, 4.69) is 25.8 Å². The highest BCUT2D eigenvalue weighted by Crippen LogP contribution is 2.30. The zero-order valence-electron chi connectivity index (χ0n) is 14.9. The summed E-state index contributed by atoms with van der Waals surface area (Å²) in [4.78, 5) is 19.8. The lowest BCUT2D eigenvalue weighted by Crippen LogP contribution is -2.07. The molecule has 0 spiro atoms. The van der Waals surface area contributed by atoms with Gasteiger partial charge in [0.2, 0.25) is 5.91 Å². The van der Waals surface area contributed by atoms with E-state index in [1.807, 2.05) is 55.5 Å². The Morgan fingerprint density at radius 2 is 1.93 bits per heavy atom. The number of furan rings is 1. The Kier molecular flexibility index (Phi) is 4.25. The molecule has 2 aromatic heterocycles. The summed E-state index contributed by atoms with van der Waals surface area (Å²) in [6, 6.07) is 15.2. The smallest absolute Gasteiger partial charge is 0.221 e. The van der Waals surface area contributed by atoms with Gasteiger partial charge in [-0.2, -0.15) is 5.10 Å². The van der Waals surface area contributed by atoms with E-state index >= 15 is 0 Å². The van der Waals surface area contributed by atoms with Crippen LogP contribution < -0.4 is 10.7 Å². The predicted octanol–water partition coefficient (Wildman–Crippen LogP) is 4.17. The van der Waals surface area contributed by atoms with Crippen LogP contribution >= 0.6 is 0 Å². The average molecular weight is 359 g/mol. The minimum Gasteiger partial charge on any atom is -0.450 e. The van der Waals surface area contributed by atoms with Gasteiger partial charge in [-0.15, -0.1) is 0 Å². The number of hydrogen-bond donors (Lipinski definition) is 2. The second-order valence-corrected chi connectivity index (χ2v) is 6.07. The highest BCUT2D eigenvalue weighted by atomic mass is 16.3. The van der Waals surface area contributed by atoms with Gasteiger partial charge in [-0.1, -0.05) is 24.3 Å². The molecule has 0 unspecified atom stereocenters. The Morgan fingerprint density at radius 3 is 2.78 bits per heavy atom. The highest BCUT2D eigenvalue weighted by molar-refractivity contribution is 6.06. The number of para-hydroxylation sites is 1. The fourth-order valence-corrected chi connectivity index (χ4v) is 2.83. The lowest BCUT2D eigenvalue weighted by Gasteiger charge is -2.06. The summed E-state index contributed by atoms with van der Waals surface area (Å²) in [5.74, 6) is 0.377. The molecule has 27 heavy (non-hydrogen) atoms. The van der Waals surface area contributed by atoms with Crippen LogP contribution in [0.1, 0.15) is 19.4 Å². The molecule has 0 saturated carbocycles. The standard InChI is InChI=1S/C20H17N5O2/c1-12(14-6-5-7-15(10-14)23-13(2)26)24-25-20-19-18(21-11-22-20)16-8-3-4-9-17(16)27-19/h3-11H,1-2H3,(H,23,26)(H,21,22,25)/b24-12-. The SMILES string of the molecule is CC(=O)Nc1cccc(/C(C)=N\Nc2ncnc3c2oc2ccccc23)c1. The van der Waals surface area contributed by atoms with Crippen molar-refractivity contribution in [1.82, 2.24) is 9.97 Å². The normalized spacial score (nSPS) is 11.7. The molecule has 0 aliphatic carbocycles. The van der Waals surface area contributed by atoms with Crippen molar-refractivity contribution in [3.8, 4) is 0 Å². The molecule has 7 nitrogen and oxygen atoms in total. The molecule has 0 bridgehead atoms. The van der Waals surface area contributed by atoms with E-state index in [0.29, 0.717) is 11.4 Å². The third-order valence-electron chi connectivity index (χ3n) is 4.09. The lowest BCUT2D eigenvalue weighted by atomic mass is 10.1. The first-order chi connectivity index (χ1) is 13.1. The van der Waals surface area contributed by atoms with Gasteiger partial charge in [0, 0.05) is 18.0 Å². The first-order valence-electron chi connectivity index (χ1n) is 8.42. The fourth-order valence-electron chi connectivity index (χ4n) is 2.83. The van der Waals surface area contributed by atoms with E-state index in [4.69, 9.17) is 4.42 Å². The van der Waals surface area contributed by atoms with Crippen molar-refractivity contribution in [2.45, 2.75) is 13.8 Å². The minimum atomic E-state index is -0.117. The molecule has 4 aromatic rings. The summed E-state index contributed by atoms with van der Waals surface area (Å²) in [6.07, 6.45) is 1.48. The molecule has 2 N–H and O–H groups in total. The Bertz CT molecular complexity index is 1180. The second kappa shape index (κ2) is 6.87. The van der Waals surface area contributed by atoms with Gasteiger partial charge in [0.15, 0.2) is 11.4 Å². The van der Waals surface area contributed by atoms with Crippen molar-refractivity contribution >= 4 is 45.2 Å². The van der Waals surface area contributed by atoms with Crippen LogP contribution in [0.15, 0.2) is 64.4 Å². The summed E-state index contributed by atoms with van der Waals surface area (Å²) in [5, 5.41) is 8.10. The predicted molar refractivity (Wildman–Crippen MR) is 106 cm³/mol. The number of carbonyl (C=O) groups excluding carboxylic acids is 1. The van der Waals surface area contributed by atoms with E-state index in [9.17, 15) is 4.79 Å². The van der Waals surface area contributed by atoms with Crippen LogP contribution in [0.4, 0.5) is 11.5 Å². The van der Waals surface area contributed by atoms with Crippen LogP contribution in [0, 0.1) is 0 Å². The van der Waals surface area contributed by atoms with Crippen LogP contribution in [-0.2, 0) is 4.79 Å². The van der Waals surface area contributed by atoms with E-state index in [1.165, 1.54) is 13.3 Å². The quantitative estimate of drug-likeness (QED) is 0.421. The zero-order valence-corrected chi connectivity index (χ0v) is 14.9. The molecule has 134 valence electrons. The molecule has 0 aliphatic rings. The van der Waals surface area contributed by atoms with E-state index in [0.717, 1.165) is 33.4 Å². The molecule has 0 aliphatic heterocycles. The molecular weight excluding hydrogens is 342 g/mol. The lowest BCUT2D eigenvalue weighted by molar-refractivity contribution is -0.114.